The van der Waals surface area contributed by atoms with Crippen molar-refractivity contribution in [1.82, 2.24) is 5.32 Å². The fraction of sp³-hybridized carbons (Fsp3) is 0.684. The maximum absolute atomic E-state index is 13.3. The minimum atomic E-state index is -1.80. The second-order valence-corrected chi connectivity index (χ2v) is 25.0. The Kier molecular flexibility index (Phi) is 56.1. The van der Waals surface area contributed by atoms with Gasteiger partial charge in [0.15, 0.2) is 12.6 Å². The Morgan fingerprint density at radius 1 is 0.398 bits per heavy atom. The standard InChI is InChI=1S/C79H131NO13/c1-3-5-7-9-11-13-15-17-19-21-23-25-27-29-30-31-32-33-34-35-36-37-38-39-41-43-45-47-49-51-53-55-57-59-61-63-71(84)80-67(66-90-78-76(89)74(87)77(70(65-82)92-78)93-79-75(88)73(86)72(85)69(64-81)91-79)68(83)62-60-58-56-54-52-50-48-46-44-42-40-28-26-24-22-20-18-16-14-12-10-8-6-4-2/h5,7,11,13,17,19,23,25,29-30,32-33,35-36,38-39,43-46,52,54,60,62,67-70,72-79,81-83,85-89H,3-4,6,8-10,12,14-16,18,20-22,24,26-28,31,34,37,40-42,47-51,53,55-59,61,63-66H2,1-2H3,(H,80,84)/b7-5-,13-11-,19-17-,25-23-,30-29-,33-32-,36-35-,39-38-,45-43-,46-44+,54-52+,62-60+. The number of ether oxygens (including phenoxy) is 4. The molecule has 1 amide bonds. The number of aliphatic hydroxyl groups excluding tert-OH is 8. The molecular weight excluding hydrogens is 1170 g/mol. The van der Waals surface area contributed by atoms with Gasteiger partial charge < -0.3 is 65.1 Å². The van der Waals surface area contributed by atoms with Crippen LogP contribution in [0.5, 0.6) is 0 Å². The van der Waals surface area contributed by atoms with Crippen LogP contribution in [0.3, 0.4) is 0 Å². The van der Waals surface area contributed by atoms with Gasteiger partial charge in [-0.2, -0.15) is 0 Å². The summed E-state index contributed by atoms with van der Waals surface area (Å²) in [6.45, 7) is 2.66. The van der Waals surface area contributed by atoms with E-state index in [-0.39, 0.29) is 18.9 Å². The van der Waals surface area contributed by atoms with Gasteiger partial charge in [-0.25, -0.2) is 0 Å². The molecule has 0 saturated carbocycles. The van der Waals surface area contributed by atoms with Crippen molar-refractivity contribution in [3.8, 4) is 0 Å². The van der Waals surface area contributed by atoms with Crippen LogP contribution in [0.2, 0.25) is 0 Å². The van der Waals surface area contributed by atoms with E-state index in [0.717, 1.165) is 128 Å². The maximum Gasteiger partial charge on any atom is 0.220 e. The fourth-order valence-corrected chi connectivity index (χ4v) is 11.0. The Morgan fingerprint density at radius 3 is 1.18 bits per heavy atom. The van der Waals surface area contributed by atoms with E-state index in [1.807, 2.05) is 6.08 Å². The van der Waals surface area contributed by atoms with Crippen molar-refractivity contribution in [2.45, 2.75) is 325 Å². The van der Waals surface area contributed by atoms with Crippen LogP contribution in [0, 0.1) is 0 Å². The van der Waals surface area contributed by atoms with E-state index in [0.29, 0.717) is 12.8 Å². The number of aliphatic hydroxyl groups is 8. The lowest BCUT2D eigenvalue weighted by Gasteiger charge is -2.46. The highest BCUT2D eigenvalue weighted by atomic mass is 16.7. The van der Waals surface area contributed by atoms with Crippen LogP contribution < -0.4 is 5.32 Å². The van der Waals surface area contributed by atoms with Gasteiger partial charge in [0.25, 0.3) is 0 Å². The van der Waals surface area contributed by atoms with Gasteiger partial charge in [-0.05, 0) is 116 Å². The SMILES string of the molecule is CC/C=C\C/C=C\C/C=C\C/C=C\C/C=C\C/C=C\C/C=C\C/C=C\C/C=C\CCCCCCCCCC(=O)NC(COC1OC(CO)C(OC2OC(CO)C(O)C(O)C2O)C(O)C1O)C(O)/C=C/CC/C=C/CC/C=C/CCCCCCCCCCCCCCCC. The molecule has 2 saturated heterocycles. The molecule has 0 bridgehead atoms. The highest BCUT2D eigenvalue weighted by molar-refractivity contribution is 5.76. The molecule has 2 aliphatic rings. The first kappa shape index (κ1) is 85.0. The molecule has 14 nitrogen and oxygen atoms in total. The number of amides is 1. The third kappa shape index (κ3) is 45.1. The minimum Gasteiger partial charge on any atom is -0.394 e. The van der Waals surface area contributed by atoms with Gasteiger partial charge in [-0.15, -0.1) is 0 Å². The topological polar surface area (TPSA) is 228 Å². The zero-order chi connectivity index (χ0) is 67.3. The average molecular weight is 1300 g/mol. The average Bonchev–Trinajstić information content (AvgIpc) is 0.854. The first-order valence-corrected chi connectivity index (χ1v) is 36.6. The van der Waals surface area contributed by atoms with E-state index in [1.165, 1.54) is 89.9 Å². The first-order valence-electron chi connectivity index (χ1n) is 36.6. The Balaban J connectivity index is 1.70. The van der Waals surface area contributed by atoms with Crippen LogP contribution in [0.25, 0.3) is 0 Å². The molecule has 2 aliphatic heterocycles. The summed E-state index contributed by atoms with van der Waals surface area (Å²) in [6, 6.07) is -0.957. The molecule has 14 heteroatoms. The second-order valence-electron chi connectivity index (χ2n) is 25.0. The fourth-order valence-electron chi connectivity index (χ4n) is 11.0. The van der Waals surface area contributed by atoms with Crippen molar-refractivity contribution in [3.63, 3.8) is 0 Å². The molecule has 2 rings (SSSR count). The third-order valence-electron chi connectivity index (χ3n) is 16.7. The van der Waals surface area contributed by atoms with Gasteiger partial charge in [0.2, 0.25) is 5.91 Å². The summed E-state index contributed by atoms with van der Waals surface area (Å²) in [7, 11) is 0. The molecule has 12 unspecified atom stereocenters. The van der Waals surface area contributed by atoms with Crippen LogP contribution in [0.4, 0.5) is 0 Å². The molecule has 530 valence electrons. The Morgan fingerprint density at radius 2 is 0.753 bits per heavy atom. The molecule has 2 heterocycles. The third-order valence-corrected chi connectivity index (χ3v) is 16.7. The Hall–Kier alpha value is -4.13. The van der Waals surface area contributed by atoms with E-state index in [4.69, 9.17) is 18.9 Å². The van der Waals surface area contributed by atoms with Crippen LogP contribution in [-0.2, 0) is 23.7 Å². The minimum absolute atomic E-state index is 0.247. The molecule has 0 aromatic heterocycles. The van der Waals surface area contributed by atoms with Crippen LogP contribution in [0.15, 0.2) is 146 Å². The lowest BCUT2D eigenvalue weighted by atomic mass is 9.97. The number of carbonyl (C=O) groups is 1. The second kappa shape index (κ2) is 61.5. The maximum atomic E-state index is 13.3. The van der Waals surface area contributed by atoms with Crippen LogP contribution in [0.1, 0.15) is 251 Å². The van der Waals surface area contributed by atoms with Crippen LogP contribution in [-0.4, -0.2) is 140 Å². The number of nitrogens with one attached hydrogen (secondary N) is 1. The molecule has 0 spiro atoms. The van der Waals surface area contributed by atoms with Gasteiger partial charge in [0.05, 0.1) is 32.0 Å². The van der Waals surface area contributed by atoms with Crippen molar-refractivity contribution in [2.24, 2.45) is 0 Å². The monoisotopic (exact) mass is 1300 g/mol. The number of carbonyl (C=O) groups excluding carboxylic acids is 1. The highest BCUT2D eigenvalue weighted by Gasteiger charge is 2.51. The van der Waals surface area contributed by atoms with E-state index >= 15 is 0 Å². The predicted molar refractivity (Wildman–Crippen MR) is 382 cm³/mol. The summed E-state index contributed by atoms with van der Waals surface area (Å²) in [5, 5.41) is 87.5. The normalized spacial score (nSPS) is 23.5. The molecule has 0 aliphatic carbocycles. The lowest BCUT2D eigenvalue weighted by Crippen LogP contribution is -2.65. The predicted octanol–water partition coefficient (Wildman–Crippen LogP) is 15.6. The number of hydrogen-bond acceptors (Lipinski definition) is 13. The largest absolute Gasteiger partial charge is 0.394 e. The molecular formula is C79H131NO13. The van der Waals surface area contributed by atoms with Crippen molar-refractivity contribution < 1.29 is 64.6 Å². The molecule has 0 aromatic rings. The van der Waals surface area contributed by atoms with Gasteiger partial charge in [0.1, 0.15) is 48.8 Å². The highest BCUT2D eigenvalue weighted by Crippen LogP contribution is 2.30. The Labute approximate surface area is 563 Å². The zero-order valence-corrected chi connectivity index (χ0v) is 57.7. The van der Waals surface area contributed by atoms with Crippen molar-refractivity contribution in [1.29, 1.82) is 0 Å². The summed E-state index contributed by atoms with van der Waals surface area (Å²) < 4.78 is 22.8. The smallest absolute Gasteiger partial charge is 0.220 e. The van der Waals surface area contributed by atoms with Crippen LogP contribution >= 0.6 is 0 Å². The molecule has 12 atom stereocenters. The Bertz CT molecular complexity index is 2120. The van der Waals surface area contributed by atoms with Crippen molar-refractivity contribution in [2.75, 3.05) is 19.8 Å². The van der Waals surface area contributed by atoms with Gasteiger partial charge in [-0.3, -0.25) is 4.79 Å². The zero-order valence-electron chi connectivity index (χ0n) is 57.7. The number of allylic oxidation sites excluding steroid dienone is 23. The van der Waals surface area contributed by atoms with E-state index < -0.39 is 86.8 Å². The molecule has 93 heavy (non-hydrogen) atoms. The summed E-state index contributed by atoms with van der Waals surface area (Å²) in [6.07, 6.45) is 76.1. The van der Waals surface area contributed by atoms with E-state index in [2.05, 4.69) is 153 Å². The van der Waals surface area contributed by atoms with Gasteiger partial charge >= 0.3 is 0 Å². The summed E-state index contributed by atoms with van der Waals surface area (Å²) >= 11 is 0. The summed E-state index contributed by atoms with van der Waals surface area (Å²) in [5.74, 6) is -0.270. The molecule has 0 aromatic carbocycles. The summed E-state index contributed by atoms with van der Waals surface area (Å²) in [4.78, 5) is 13.3. The van der Waals surface area contributed by atoms with E-state index in [9.17, 15) is 45.6 Å². The van der Waals surface area contributed by atoms with Gasteiger partial charge in [0, 0.05) is 6.42 Å². The molecule has 9 N–H and O–H groups in total. The van der Waals surface area contributed by atoms with Crippen molar-refractivity contribution in [3.05, 3.63) is 146 Å². The number of rotatable bonds is 58. The molecule has 2 fully saturated rings. The molecule has 0 radical (unpaired) electrons. The van der Waals surface area contributed by atoms with Crippen molar-refractivity contribution >= 4 is 5.91 Å². The quantitative estimate of drug-likeness (QED) is 0.0204. The van der Waals surface area contributed by atoms with Gasteiger partial charge in [-0.1, -0.05) is 275 Å². The summed E-state index contributed by atoms with van der Waals surface area (Å²) in [5.41, 5.74) is 0. The number of hydrogen-bond donors (Lipinski definition) is 9. The lowest BCUT2D eigenvalue weighted by molar-refractivity contribution is -0.359. The number of unbranched alkanes of at least 4 members (excludes halogenated alkanes) is 23. The first-order chi connectivity index (χ1) is 45.6. The van der Waals surface area contributed by atoms with E-state index in [1.54, 1.807) is 6.08 Å².